The minimum absolute atomic E-state index is 0.0920. The van der Waals surface area contributed by atoms with Gasteiger partial charge in [-0.05, 0) is 43.9 Å². The van der Waals surface area contributed by atoms with Crippen molar-refractivity contribution in [1.29, 1.82) is 0 Å². The number of aromatic nitrogens is 2. The molecule has 1 aromatic carbocycles. The Kier molecular flexibility index (Phi) is 6.88. The van der Waals surface area contributed by atoms with Gasteiger partial charge in [0, 0.05) is 23.6 Å². The molecule has 1 aliphatic heterocycles. The lowest BCUT2D eigenvalue weighted by Gasteiger charge is -2.44. The Labute approximate surface area is 202 Å². The number of fused-ring (bicyclic) bond motifs is 1. The fourth-order valence-electron chi connectivity index (χ4n) is 4.75. The number of carbonyl (C=O) groups is 3. The normalized spacial score (nSPS) is 20.6. The summed E-state index contributed by atoms with van der Waals surface area (Å²) in [5, 5.41) is 6.00. The van der Waals surface area contributed by atoms with Crippen molar-refractivity contribution in [2.45, 2.75) is 70.6 Å². The number of halogens is 1. The van der Waals surface area contributed by atoms with Crippen molar-refractivity contribution in [2.75, 3.05) is 6.54 Å². The molecule has 0 saturated heterocycles. The van der Waals surface area contributed by atoms with E-state index in [1.54, 1.807) is 16.4 Å². The topological polar surface area (TPSA) is 96.3 Å². The number of nitrogens with one attached hydrogen (secondary N) is 2. The zero-order chi connectivity index (χ0) is 23.6. The second kappa shape index (κ2) is 9.67. The molecule has 2 aromatic rings. The van der Waals surface area contributed by atoms with Gasteiger partial charge >= 0.3 is 0 Å². The fourth-order valence-corrected chi connectivity index (χ4v) is 5.20. The Balaban J connectivity index is 1.56. The van der Waals surface area contributed by atoms with Gasteiger partial charge in [0.15, 0.2) is 5.69 Å². The van der Waals surface area contributed by atoms with Gasteiger partial charge in [-0.1, -0.05) is 47.8 Å². The predicted octanol–water partition coefficient (Wildman–Crippen LogP) is 3.26. The number of hydrogen-bond donors (Lipinski definition) is 2. The van der Waals surface area contributed by atoms with E-state index in [1.807, 2.05) is 31.2 Å². The van der Waals surface area contributed by atoms with Crippen molar-refractivity contribution < 1.29 is 14.4 Å². The zero-order valence-electron chi connectivity index (χ0n) is 19.1. The summed E-state index contributed by atoms with van der Waals surface area (Å²) in [5.41, 5.74) is 0.226. The summed E-state index contributed by atoms with van der Waals surface area (Å²) in [6, 6.07) is 7.81. The molecule has 2 N–H and O–H groups in total. The molecule has 0 bridgehead atoms. The molecule has 8 nitrogen and oxygen atoms in total. The molecule has 4 rings (SSSR count). The third-order valence-corrected chi connectivity index (χ3v) is 7.04. The van der Waals surface area contributed by atoms with E-state index in [2.05, 4.69) is 31.5 Å². The van der Waals surface area contributed by atoms with Crippen LogP contribution in [-0.2, 0) is 17.9 Å². The van der Waals surface area contributed by atoms with Crippen LogP contribution in [0, 0.1) is 0 Å². The molecular formula is C24H30BrN5O3. The maximum Gasteiger partial charge on any atom is 0.273 e. The average molecular weight is 516 g/mol. The van der Waals surface area contributed by atoms with Crippen LogP contribution < -0.4 is 10.6 Å². The first-order chi connectivity index (χ1) is 15.8. The van der Waals surface area contributed by atoms with E-state index < -0.39 is 11.4 Å². The van der Waals surface area contributed by atoms with Crippen LogP contribution >= 0.6 is 15.9 Å². The van der Waals surface area contributed by atoms with Gasteiger partial charge in [-0.3, -0.25) is 14.4 Å². The molecule has 1 aliphatic carbocycles. The molecule has 0 radical (unpaired) electrons. The number of hydrogen-bond acceptors (Lipinski definition) is 4. The van der Waals surface area contributed by atoms with Crippen molar-refractivity contribution in [2.24, 2.45) is 0 Å². The van der Waals surface area contributed by atoms with E-state index >= 15 is 0 Å². The van der Waals surface area contributed by atoms with Gasteiger partial charge in [-0.2, -0.15) is 0 Å². The molecule has 1 unspecified atom stereocenters. The van der Waals surface area contributed by atoms with Crippen LogP contribution in [0.5, 0.6) is 0 Å². The number of imidazole rings is 1. The number of rotatable bonds is 7. The summed E-state index contributed by atoms with van der Waals surface area (Å²) < 4.78 is 2.57. The van der Waals surface area contributed by atoms with Crippen molar-refractivity contribution in [3.05, 3.63) is 52.0 Å². The summed E-state index contributed by atoms with van der Waals surface area (Å²) >= 11 is 3.42. The van der Waals surface area contributed by atoms with Crippen molar-refractivity contribution in [3.8, 4) is 0 Å². The quantitative estimate of drug-likeness (QED) is 0.591. The molecule has 1 saturated carbocycles. The molecule has 0 spiro atoms. The van der Waals surface area contributed by atoms with E-state index in [-0.39, 0.29) is 35.8 Å². The fraction of sp³-hybridized carbons (Fsp3) is 0.500. The number of amides is 3. The van der Waals surface area contributed by atoms with Gasteiger partial charge in [0.1, 0.15) is 11.2 Å². The largest absolute Gasteiger partial charge is 0.351 e. The van der Waals surface area contributed by atoms with Crippen LogP contribution in [0.3, 0.4) is 0 Å². The number of nitrogens with zero attached hydrogens (tertiary/aromatic N) is 3. The van der Waals surface area contributed by atoms with Gasteiger partial charge in [0.25, 0.3) is 11.8 Å². The smallest absolute Gasteiger partial charge is 0.273 e. The van der Waals surface area contributed by atoms with Gasteiger partial charge in [0.2, 0.25) is 5.91 Å². The molecule has 1 aromatic heterocycles. The second-order valence-electron chi connectivity index (χ2n) is 9.07. The maximum atomic E-state index is 13.6. The maximum absolute atomic E-state index is 13.6. The SMILES string of the molecule is CCCN1C(=O)c2c(C(=O)NCc3cccc(Br)c3)ncn2CC1(C)C(=O)NC1CCCC1. The summed E-state index contributed by atoms with van der Waals surface area (Å²) in [6.07, 6.45) is 6.37. The third kappa shape index (κ3) is 4.69. The summed E-state index contributed by atoms with van der Waals surface area (Å²) in [5.74, 6) is -0.888. The first-order valence-corrected chi connectivity index (χ1v) is 12.3. The highest BCUT2D eigenvalue weighted by molar-refractivity contribution is 9.10. The monoisotopic (exact) mass is 515 g/mol. The third-order valence-electron chi connectivity index (χ3n) is 6.54. The summed E-state index contributed by atoms with van der Waals surface area (Å²) in [4.78, 5) is 45.7. The van der Waals surface area contributed by atoms with Crippen LogP contribution in [0.2, 0.25) is 0 Å². The second-order valence-corrected chi connectivity index (χ2v) is 9.98. The number of benzene rings is 1. The van der Waals surface area contributed by atoms with Crippen molar-refractivity contribution >= 4 is 33.7 Å². The van der Waals surface area contributed by atoms with Crippen molar-refractivity contribution in [3.63, 3.8) is 0 Å². The predicted molar refractivity (Wildman–Crippen MR) is 128 cm³/mol. The minimum Gasteiger partial charge on any atom is -0.351 e. The molecular weight excluding hydrogens is 486 g/mol. The van der Waals surface area contributed by atoms with Gasteiger partial charge in [-0.25, -0.2) is 4.98 Å². The Morgan fingerprint density at radius 1 is 1.27 bits per heavy atom. The first kappa shape index (κ1) is 23.5. The van der Waals surface area contributed by atoms with Crippen LogP contribution in [-0.4, -0.2) is 50.3 Å². The summed E-state index contributed by atoms with van der Waals surface area (Å²) in [6.45, 7) is 4.79. The molecule has 1 atom stereocenters. The van der Waals surface area contributed by atoms with Gasteiger partial charge < -0.3 is 20.1 Å². The Morgan fingerprint density at radius 2 is 2.03 bits per heavy atom. The molecule has 1 fully saturated rings. The minimum atomic E-state index is -1.03. The van der Waals surface area contributed by atoms with Crippen LogP contribution in [0.25, 0.3) is 0 Å². The van der Waals surface area contributed by atoms with E-state index in [4.69, 9.17) is 0 Å². The van der Waals surface area contributed by atoms with Crippen molar-refractivity contribution in [1.82, 2.24) is 25.1 Å². The van der Waals surface area contributed by atoms with E-state index in [9.17, 15) is 14.4 Å². The molecule has 33 heavy (non-hydrogen) atoms. The highest BCUT2D eigenvalue weighted by Crippen LogP contribution is 2.30. The lowest BCUT2D eigenvalue weighted by atomic mass is 9.93. The lowest BCUT2D eigenvalue weighted by molar-refractivity contribution is -0.133. The van der Waals surface area contributed by atoms with Crippen LogP contribution in [0.15, 0.2) is 35.1 Å². The first-order valence-electron chi connectivity index (χ1n) is 11.5. The van der Waals surface area contributed by atoms with E-state index in [0.29, 0.717) is 19.5 Å². The van der Waals surface area contributed by atoms with E-state index in [0.717, 1.165) is 35.7 Å². The highest BCUT2D eigenvalue weighted by Gasteiger charge is 2.48. The molecule has 176 valence electrons. The highest BCUT2D eigenvalue weighted by atomic mass is 79.9. The van der Waals surface area contributed by atoms with Crippen LogP contribution in [0.4, 0.5) is 0 Å². The van der Waals surface area contributed by atoms with E-state index in [1.165, 1.54) is 6.33 Å². The zero-order valence-corrected chi connectivity index (χ0v) is 20.7. The summed E-state index contributed by atoms with van der Waals surface area (Å²) in [7, 11) is 0. The van der Waals surface area contributed by atoms with Gasteiger partial charge in [0.05, 0.1) is 12.9 Å². The molecule has 3 amide bonds. The Morgan fingerprint density at radius 3 is 2.73 bits per heavy atom. The Bertz CT molecular complexity index is 1060. The molecule has 2 aliphatic rings. The average Bonchev–Trinajstić information content (AvgIpc) is 3.45. The molecule has 2 heterocycles. The number of carbonyl (C=O) groups excluding carboxylic acids is 3. The Hall–Kier alpha value is -2.68. The molecule has 9 heteroatoms. The van der Waals surface area contributed by atoms with Crippen LogP contribution in [0.1, 0.15) is 72.5 Å². The van der Waals surface area contributed by atoms with Gasteiger partial charge in [-0.15, -0.1) is 0 Å². The lowest BCUT2D eigenvalue weighted by Crippen LogP contribution is -2.65. The standard InChI is InChI=1S/C24H30BrN5O3/c1-3-11-30-22(32)20-19(21(31)26-13-16-7-6-8-17(25)12-16)27-15-29(20)14-24(30,2)23(33)28-18-9-4-5-10-18/h6-8,12,15,18H,3-5,9-11,13-14H2,1-2H3,(H,26,31)(H,28,33).